The van der Waals surface area contributed by atoms with Gasteiger partial charge in [0.1, 0.15) is 11.5 Å². The van der Waals surface area contributed by atoms with Crippen molar-refractivity contribution >= 4 is 10.9 Å². The minimum atomic E-state index is 0.857. The van der Waals surface area contributed by atoms with Gasteiger partial charge in [0.15, 0.2) is 0 Å². The second kappa shape index (κ2) is 4.05. The van der Waals surface area contributed by atoms with Crippen molar-refractivity contribution in [3.63, 3.8) is 0 Å². The van der Waals surface area contributed by atoms with E-state index in [2.05, 4.69) is 55.1 Å². The molecule has 2 heterocycles. The van der Waals surface area contributed by atoms with Crippen molar-refractivity contribution < 1.29 is 4.42 Å². The average Bonchev–Trinajstić information content (AvgIpc) is 2.83. The first-order valence-electron chi connectivity index (χ1n) is 6.24. The lowest BCUT2D eigenvalue weighted by Gasteiger charge is -1.96. The Labute approximate surface area is 107 Å². The lowest BCUT2D eigenvalue weighted by atomic mass is 10.1. The molecule has 3 rings (SSSR count). The summed E-state index contributed by atoms with van der Waals surface area (Å²) in [6.07, 6.45) is 3.05. The maximum absolute atomic E-state index is 5.77. The van der Waals surface area contributed by atoms with E-state index in [1.807, 2.05) is 6.92 Å². The van der Waals surface area contributed by atoms with Crippen molar-refractivity contribution in [2.45, 2.75) is 20.3 Å². The van der Waals surface area contributed by atoms with E-state index in [1.54, 1.807) is 0 Å². The average molecular weight is 239 g/mol. The van der Waals surface area contributed by atoms with E-state index in [1.165, 1.54) is 22.0 Å². The molecule has 0 fully saturated rings. The zero-order valence-electron chi connectivity index (χ0n) is 11.0. The molecular weight excluding hydrogens is 222 g/mol. The molecule has 2 heteroatoms. The van der Waals surface area contributed by atoms with Gasteiger partial charge in [-0.25, -0.2) is 0 Å². The van der Waals surface area contributed by atoms with Crippen molar-refractivity contribution in [1.29, 1.82) is 0 Å². The van der Waals surface area contributed by atoms with Gasteiger partial charge in [-0.1, -0.05) is 18.2 Å². The van der Waals surface area contributed by atoms with E-state index < -0.39 is 0 Å². The van der Waals surface area contributed by atoms with Crippen LogP contribution in [0.2, 0.25) is 0 Å². The number of aromatic nitrogens is 1. The van der Waals surface area contributed by atoms with Crippen LogP contribution in [0.4, 0.5) is 0 Å². The van der Waals surface area contributed by atoms with Crippen LogP contribution in [0.1, 0.15) is 22.6 Å². The quantitative estimate of drug-likeness (QED) is 0.661. The number of fused-ring (bicyclic) bond motifs is 1. The van der Waals surface area contributed by atoms with Crippen molar-refractivity contribution in [3.8, 4) is 0 Å². The van der Waals surface area contributed by atoms with E-state index in [0.29, 0.717) is 0 Å². The SMILES string of the molecule is Cc1cc(Cc2cn(C)c3ccccc23)oc1C. The second-order valence-electron chi connectivity index (χ2n) is 4.91. The lowest BCUT2D eigenvalue weighted by molar-refractivity contribution is 0.491. The predicted molar refractivity (Wildman–Crippen MR) is 73.9 cm³/mol. The number of furan rings is 1. The number of para-hydroxylation sites is 1. The number of rotatable bonds is 2. The summed E-state index contributed by atoms with van der Waals surface area (Å²) in [7, 11) is 2.09. The molecule has 0 aliphatic carbocycles. The number of hydrogen-bond donors (Lipinski definition) is 0. The highest BCUT2D eigenvalue weighted by atomic mass is 16.3. The van der Waals surface area contributed by atoms with Gasteiger partial charge in [-0.15, -0.1) is 0 Å². The minimum absolute atomic E-state index is 0.857. The van der Waals surface area contributed by atoms with Gasteiger partial charge in [0.2, 0.25) is 0 Å². The van der Waals surface area contributed by atoms with E-state index in [9.17, 15) is 0 Å². The van der Waals surface area contributed by atoms with Gasteiger partial charge in [0.25, 0.3) is 0 Å². The number of aryl methyl sites for hydroxylation is 3. The highest BCUT2D eigenvalue weighted by Gasteiger charge is 2.09. The summed E-state index contributed by atoms with van der Waals surface area (Å²) >= 11 is 0. The molecule has 0 saturated carbocycles. The van der Waals surface area contributed by atoms with Gasteiger partial charge >= 0.3 is 0 Å². The van der Waals surface area contributed by atoms with Crippen LogP contribution in [0.15, 0.2) is 40.9 Å². The first-order valence-corrected chi connectivity index (χ1v) is 6.24. The Hall–Kier alpha value is -1.96. The first kappa shape index (κ1) is 11.1. The van der Waals surface area contributed by atoms with Crippen molar-refractivity contribution in [2.24, 2.45) is 7.05 Å². The van der Waals surface area contributed by atoms with E-state index in [4.69, 9.17) is 4.42 Å². The molecule has 0 unspecified atom stereocenters. The van der Waals surface area contributed by atoms with Gasteiger partial charge in [0, 0.05) is 30.6 Å². The molecule has 0 spiro atoms. The summed E-state index contributed by atoms with van der Waals surface area (Å²) in [5.74, 6) is 2.06. The highest BCUT2D eigenvalue weighted by Crippen LogP contribution is 2.24. The molecule has 0 radical (unpaired) electrons. The summed E-state index contributed by atoms with van der Waals surface area (Å²) in [4.78, 5) is 0. The van der Waals surface area contributed by atoms with Crippen LogP contribution in [0, 0.1) is 13.8 Å². The van der Waals surface area contributed by atoms with Crippen LogP contribution < -0.4 is 0 Å². The molecule has 2 aromatic heterocycles. The van der Waals surface area contributed by atoms with Crippen LogP contribution in [-0.4, -0.2) is 4.57 Å². The van der Waals surface area contributed by atoms with Crippen molar-refractivity contribution in [3.05, 3.63) is 59.2 Å². The fourth-order valence-electron chi connectivity index (χ4n) is 2.49. The maximum atomic E-state index is 5.77. The van der Waals surface area contributed by atoms with Gasteiger partial charge in [-0.05, 0) is 37.1 Å². The van der Waals surface area contributed by atoms with E-state index in [-0.39, 0.29) is 0 Å². The Bertz CT molecular complexity index is 684. The number of benzene rings is 1. The molecule has 0 bridgehead atoms. The standard InChI is InChI=1S/C16H17NO/c1-11-8-14(18-12(11)2)9-13-10-17(3)16-7-5-4-6-15(13)16/h4-8,10H,9H2,1-3H3. The van der Waals surface area contributed by atoms with Gasteiger partial charge < -0.3 is 8.98 Å². The second-order valence-corrected chi connectivity index (χ2v) is 4.91. The molecule has 0 N–H and O–H groups in total. The molecule has 3 aromatic rings. The zero-order chi connectivity index (χ0) is 12.7. The predicted octanol–water partition coefficient (Wildman–Crippen LogP) is 3.98. The molecule has 0 amide bonds. The monoisotopic (exact) mass is 239 g/mol. The third-order valence-corrected chi connectivity index (χ3v) is 3.56. The summed E-state index contributed by atoms with van der Waals surface area (Å²) in [5, 5.41) is 1.31. The van der Waals surface area contributed by atoms with Crippen molar-refractivity contribution in [2.75, 3.05) is 0 Å². The molecule has 0 aliphatic heterocycles. The third kappa shape index (κ3) is 1.74. The summed E-state index contributed by atoms with van der Waals surface area (Å²) < 4.78 is 7.94. The summed E-state index contributed by atoms with van der Waals surface area (Å²) in [6.45, 7) is 4.10. The molecule has 2 nitrogen and oxygen atoms in total. The fourth-order valence-corrected chi connectivity index (χ4v) is 2.49. The maximum Gasteiger partial charge on any atom is 0.108 e. The van der Waals surface area contributed by atoms with E-state index >= 15 is 0 Å². The lowest BCUT2D eigenvalue weighted by Crippen LogP contribution is -1.84. The summed E-state index contributed by atoms with van der Waals surface area (Å²) in [5.41, 5.74) is 3.82. The zero-order valence-corrected chi connectivity index (χ0v) is 11.0. The van der Waals surface area contributed by atoms with E-state index in [0.717, 1.165) is 17.9 Å². The molecule has 0 aliphatic rings. The third-order valence-electron chi connectivity index (χ3n) is 3.56. The van der Waals surface area contributed by atoms with Crippen LogP contribution in [0.3, 0.4) is 0 Å². The normalized spacial score (nSPS) is 11.3. The smallest absolute Gasteiger partial charge is 0.108 e. The Balaban J connectivity index is 2.05. The minimum Gasteiger partial charge on any atom is -0.466 e. The Kier molecular flexibility index (Phi) is 2.51. The Morgan fingerprint density at radius 1 is 1.17 bits per heavy atom. The van der Waals surface area contributed by atoms with Crippen LogP contribution >= 0.6 is 0 Å². The molecule has 18 heavy (non-hydrogen) atoms. The molecular formula is C16H17NO. The van der Waals surface area contributed by atoms with Crippen LogP contribution in [0.25, 0.3) is 10.9 Å². The molecule has 0 atom stereocenters. The molecule has 92 valence electrons. The van der Waals surface area contributed by atoms with Gasteiger partial charge in [-0.3, -0.25) is 0 Å². The Morgan fingerprint density at radius 2 is 1.94 bits per heavy atom. The first-order chi connectivity index (χ1) is 8.65. The van der Waals surface area contributed by atoms with Gasteiger partial charge in [-0.2, -0.15) is 0 Å². The highest BCUT2D eigenvalue weighted by molar-refractivity contribution is 5.84. The molecule has 1 aromatic carbocycles. The number of hydrogen-bond acceptors (Lipinski definition) is 1. The summed E-state index contributed by atoms with van der Waals surface area (Å²) in [6, 6.07) is 10.6. The van der Waals surface area contributed by atoms with Gasteiger partial charge in [0.05, 0.1) is 0 Å². The number of nitrogens with zero attached hydrogens (tertiary/aromatic N) is 1. The Morgan fingerprint density at radius 3 is 2.67 bits per heavy atom. The largest absolute Gasteiger partial charge is 0.466 e. The van der Waals surface area contributed by atoms with Crippen molar-refractivity contribution in [1.82, 2.24) is 4.57 Å². The van der Waals surface area contributed by atoms with Crippen LogP contribution in [0.5, 0.6) is 0 Å². The fraction of sp³-hybridized carbons (Fsp3) is 0.250. The molecule has 0 saturated heterocycles. The topological polar surface area (TPSA) is 18.1 Å². The van der Waals surface area contributed by atoms with Crippen LogP contribution in [-0.2, 0) is 13.5 Å².